The third-order valence-corrected chi connectivity index (χ3v) is 2.90. The summed E-state index contributed by atoms with van der Waals surface area (Å²) in [5, 5.41) is 12.1. The van der Waals surface area contributed by atoms with Gasteiger partial charge in [0.15, 0.2) is 0 Å². The maximum absolute atomic E-state index is 11.8. The van der Waals surface area contributed by atoms with E-state index in [9.17, 15) is 9.59 Å². The summed E-state index contributed by atoms with van der Waals surface area (Å²) in [5.74, 6) is 0.000291. The van der Waals surface area contributed by atoms with E-state index >= 15 is 0 Å². The SMILES string of the molecule is Cc1cc(C[C@H](C)NC(=O)Nc2nccn(C)c2=O)n[nH]1. The summed E-state index contributed by atoms with van der Waals surface area (Å²) in [5.41, 5.74) is 1.48. The molecular weight excluding hydrogens is 272 g/mol. The highest BCUT2D eigenvalue weighted by molar-refractivity contribution is 5.88. The van der Waals surface area contributed by atoms with Crippen LogP contribution < -0.4 is 16.2 Å². The van der Waals surface area contributed by atoms with Gasteiger partial charge in [0.1, 0.15) is 0 Å². The van der Waals surface area contributed by atoms with E-state index in [2.05, 4.69) is 25.8 Å². The molecule has 0 aliphatic carbocycles. The predicted molar refractivity (Wildman–Crippen MR) is 78.1 cm³/mol. The van der Waals surface area contributed by atoms with Crippen LogP contribution >= 0.6 is 0 Å². The third kappa shape index (κ3) is 3.91. The molecule has 0 fully saturated rings. The number of carbonyl (C=O) groups excluding carboxylic acids is 1. The van der Waals surface area contributed by atoms with Crippen molar-refractivity contribution in [3.8, 4) is 0 Å². The first-order chi connectivity index (χ1) is 9.95. The van der Waals surface area contributed by atoms with Crippen molar-refractivity contribution < 1.29 is 4.79 Å². The number of carbonyl (C=O) groups is 1. The number of urea groups is 1. The molecule has 2 rings (SSSR count). The van der Waals surface area contributed by atoms with Gasteiger partial charge in [0.05, 0.1) is 5.69 Å². The van der Waals surface area contributed by atoms with Crippen molar-refractivity contribution in [3.63, 3.8) is 0 Å². The van der Waals surface area contributed by atoms with Gasteiger partial charge in [-0.2, -0.15) is 5.10 Å². The zero-order chi connectivity index (χ0) is 15.4. The molecule has 2 aromatic heterocycles. The molecule has 0 saturated heterocycles. The van der Waals surface area contributed by atoms with Gasteiger partial charge in [0.25, 0.3) is 5.56 Å². The number of anilines is 1. The Morgan fingerprint density at radius 1 is 1.52 bits per heavy atom. The summed E-state index contributed by atoms with van der Waals surface area (Å²) in [6.45, 7) is 3.78. The van der Waals surface area contributed by atoms with Crippen LogP contribution in [0, 0.1) is 6.92 Å². The van der Waals surface area contributed by atoms with Gasteiger partial charge in [-0.25, -0.2) is 9.78 Å². The molecule has 2 heterocycles. The number of nitrogens with one attached hydrogen (secondary N) is 3. The summed E-state index contributed by atoms with van der Waals surface area (Å²) >= 11 is 0. The quantitative estimate of drug-likeness (QED) is 0.765. The molecule has 8 heteroatoms. The van der Waals surface area contributed by atoms with E-state index in [0.29, 0.717) is 6.42 Å². The van der Waals surface area contributed by atoms with E-state index < -0.39 is 6.03 Å². The Bertz CT molecular complexity index is 690. The van der Waals surface area contributed by atoms with Crippen LogP contribution in [0.3, 0.4) is 0 Å². The molecule has 0 unspecified atom stereocenters. The number of aryl methyl sites for hydroxylation is 2. The molecule has 2 aromatic rings. The standard InChI is InChI=1S/C13H18N6O2/c1-8(6-10-7-9(2)17-18-10)15-13(21)16-11-12(20)19(3)5-4-14-11/h4-5,7-8H,6H2,1-3H3,(H,17,18)(H2,14,15,16,21)/t8-/m0/s1. The normalized spacial score (nSPS) is 12.0. The van der Waals surface area contributed by atoms with Crippen molar-refractivity contribution in [2.45, 2.75) is 26.3 Å². The summed E-state index contributed by atoms with van der Waals surface area (Å²) in [6, 6.07) is 1.33. The number of hydrogen-bond acceptors (Lipinski definition) is 4. The van der Waals surface area contributed by atoms with Gasteiger partial charge < -0.3 is 9.88 Å². The maximum atomic E-state index is 11.8. The molecule has 2 amide bonds. The average Bonchev–Trinajstić information content (AvgIpc) is 2.80. The zero-order valence-electron chi connectivity index (χ0n) is 12.2. The molecule has 8 nitrogen and oxygen atoms in total. The molecular formula is C13H18N6O2. The van der Waals surface area contributed by atoms with Crippen LogP contribution in [-0.4, -0.2) is 31.8 Å². The fraction of sp³-hybridized carbons (Fsp3) is 0.385. The Kier molecular flexibility index (Phi) is 4.36. The molecule has 0 saturated carbocycles. The monoisotopic (exact) mass is 290 g/mol. The molecule has 0 bridgehead atoms. The second-order valence-electron chi connectivity index (χ2n) is 4.94. The van der Waals surface area contributed by atoms with Gasteiger partial charge in [0.2, 0.25) is 5.82 Å². The lowest BCUT2D eigenvalue weighted by Gasteiger charge is -2.13. The van der Waals surface area contributed by atoms with Crippen LogP contribution in [0.25, 0.3) is 0 Å². The van der Waals surface area contributed by atoms with Crippen LogP contribution in [0.1, 0.15) is 18.3 Å². The Labute approximate surface area is 121 Å². The van der Waals surface area contributed by atoms with E-state index in [1.807, 2.05) is 19.9 Å². The van der Waals surface area contributed by atoms with E-state index in [0.717, 1.165) is 11.4 Å². The Hall–Kier alpha value is -2.64. The Morgan fingerprint density at radius 3 is 2.95 bits per heavy atom. The molecule has 21 heavy (non-hydrogen) atoms. The fourth-order valence-electron chi connectivity index (χ4n) is 1.89. The minimum absolute atomic E-state index is 0.000291. The molecule has 0 aromatic carbocycles. The lowest BCUT2D eigenvalue weighted by Crippen LogP contribution is -2.39. The van der Waals surface area contributed by atoms with Crippen molar-refractivity contribution in [2.75, 3.05) is 5.32 Å². The van der Waals surface area contributed by atoms with Crippen LogP contribution in [-0.2, 0) is 13.5 Å². The van der Waals surface area contributed by atoms with Crippen LogP contribution in [0.5, 0.6) is 0 Å². The second-order valence-corrected chi connectivity index (χ2v) is 4.94. The zero-order valence-corrected chi connectivity index (χ0v) is 12.2. The van der Waals surface area contributed by atoms with E-state index in [4.69, 9.17) is 0 Å². The minimum Gasteiger partial charge on any atom is -0.335 e. The lowest BCUT2D eigenvalue weighted by molar-refractivity contribution is 0.249. The number of amides is 2. The van der Waals surface area contributed by atoms with Crippen molar-refractivity contribution in [1.82, 2.24) is 25.1 Å². The van der Waals surface area contributed by atoms with E-state index in [1.165, 1.54) is 17.0 Å². The Balaban J connectivity index is 1.92. The Morgan fingerprint density at radius 2 is 2.29 bits per heavy atom. The summed E-state index contributed by atoms with van der Waals surface area (Å²) in [6.07, 6.45) is 3.57. The molecule has 0 aliphatic rings. The van der Waals surface area contributed by atoms with E-state index in [-0.39, 0.29) is 17.4 Å². The average molecular weight is 290 g/mol. The first kappa shape index (κ1) is 14.8. The summed E-state index contributed by atoms with van der Waals surface area (Å²) < 4.78 is 1.35. The van der Waals surface area contributed by atoms with Gasteiger partial charge in [0, 0.05) is 37.6 Å². The lowest BCUT2D eigenvalue weighted by atomic mass is 10.2. The van der Waals surface area contributed by atoms with Gasteiger partial charge in [-0.05, 0) is 19.9 Å². The van der Waals surface area contributed by atoms with E-state index in [1.54, 1.807) is 7.05 Å². The fourth-order valence-corrected chi connectivity index (χ4v) is 1.89. The van der Waals surface area contributed by atoms with Gasteiger partial charge in [-0.1, -0.05) is 0 Å². The van der Waals surface area contributed by atoms with Crippen LogP contribution in [0.4, 0.5) is 10.6 Å². The smallest absolute Gasteiger partial charge is 0.320 e. The largest absolute Gasteiger partial charge is 0.335 e. The number of aromatic amines is 1. The first-order valence-corrected chi connectivity index (χ1v) is 6.55. The first-order valence-electron chi connectivity index (χ1n) is 6.55. The minimum atomic E-state index is -0.467. The van der Waals surface area contributed by atoms with Crippen molar-refractivity contribution in [1.29, 1.82) is 0 Å². The molecule has 3 N–H and O–H groups in total. The molecule has 0 aliphatic heterocycles. The van der Waals surface area contributed by atoms with Crippen molar-refractivity contribution >= 4 is 11.8 Å². The second kappa shape index (κ2) is 6.21. The van der Waals surface area contributed by atoms with Crippen LogP contribution in [0.15, 0.2) is 23.3 Å². The number of hydrogen-bond donors (Lipinski definition) is 3. The maximum Gasteiger partial charge on any atom is 0.320 e. The highest BCUT2D eigenvalue weighted by Gasteiger charge is 2.12. The van der Waals surface area contributed by atoms with Crippen LogP contribution in [0.2, 0.25) is 0 Å². The number of H-pyrrole nitrogens is 1. The summed E-state index contributed by atoms with van der Waals surface area (Å²) in [4.78, 5) is 27.4. The van der Waals surface area contributed by atoms with Gasteiger partial charge in [-0.15, -0.1) is 0 Å². The van der Waals surface area contributed by atoms with Crippen molar-refractivity contribution in [3.05, 3.63) is 40.2 Å². The molecule has 1 atom stereocenters. The number of aromatic nitrogens is 4. The predicted octanol–water partition coefficient (Wildman–Crippen LogP) is 0.565. The number of rotatable bonds is 4. The highest BCUT2D eigenvalue weighted by Crippen LogP contribution is 2.02. The molecule has 0 spiro atoms. The van der Waals surface area contributed by atoms with Gasteiger partial charge in [-0.3, -0.25) is 15.2 Å². The molecule has 112 valence electrons. The van der Waals surface area contributed by atoms with Gasteiger partial charge >= 0.3 is 6.03 Å². The molecule has 0 radical (unpaired) electrons. The van der Waals surface area contributed by atoms with Crippen molar-refractivity contribution in [2.24, 2.45) is 7.05 Å². The topological polar surface area (TPSA) is 105 Å². The highest BCUT2D eigenvalue weighted by atomic mass is 16.2. The third-order valence-electron chi connectivity index (χ3n) is 2.90. The number of nitrogens with zero attached hydrogens (tertiary/aromatic N) is 3. The summed E-state index contributed by atoms with van der Waals surface area (Å²) in [7, 11) is 1.59.